The molecule has 1 aliphatic heterocycles. The fraction of sp³-hybridized carbons (Fsp3) is 0.381. The van der Waals surface area contributed by atoms with Gasteiger partial charge in [-0.2, -0.15) is 11.8 Å². The van der Waals surface area contributed by atoms with Gasteiger partial charge in [0.15, 0.2) is 0 Å². The van der Waals surface area contributed by atoms with E-state index in [0.717, 1.165) is 10.4 Å². The van der Waals surface area contributed by atoms with Crippen LogP contribution in [0.3, 0.4) is 0 Å². The number of thioether (sulfide) groups is 1. The van der Waals surface area contributed by atoms with Crippen LogP contribution in [0.5, 0.6) is 0 Å². The number of rotatable bonds is 9. The van der Waals surface area contributed by atoms with E-state index in [1.54, 1.807) is 0 Å². The van der Waals surface area contributed by atoms with E-state index in [0.29, 0.717) is 24.3 Å². The van der Waals surface area contributed by atoms with Crippen molar-refractivity contribution in [3.8, 4) is 0 Å². The Hall–Kier alpha value is -2.36. The van der Waals surface area contributed by atoms with Gasteiger partial charge in [-0.1, -0.05) is 36.4 Å². The number of carbonyl (C=O) groups excluding carboxylic acids is 1. The monoisotopic (exact) mass is 448 g/mol. The molecule has 1 aromatic heterocycles. The summed E-state index contributed by atoms with van der Waals surface area (Å²) >= 11 is 3.01. The molecule has 3 rings (SSSR count). The van der Waals surface area contributed by atoms with Crippen LogP contribution in [0.2, 0.25) is 0 Å². The molecule has 2 aromatic rings. The Balaban J connectivity index is 1.73. The van der Waals surface area contributed by atoms with Gasteiger partial charge < -0.3 is 15.1 Å². The van der Waals surface area contributed by atoms with E-state index in [1.165, 1.54) is 28.0 Å². The predicted molar refractivity (Wildman–Crippen MR) is 117 cm³/mol. The SMILES string of the molecule is O=C(O)CN1C(=O)C(N[C@H](CCc2ccccc2)C(=O)O)CSCC1c1cccs1. The number of nitrogens with one attached hydrogen (secondary N) is 1. The Labute approximate surface area is 183 Å². The predicted octanol–water partition coefficient (Wildman–Crippen LogP) is 2.49. The van der Waals surface area contributed by atoms with Gasteiger partial charge in [0.2, 0.25) is 5.91 Å². The summed E-state index contributed by atoms with van der Waals surface area (Å²) in [6.07, 6.45) is 0.899. The van der Waals surface area contributed by atoms with Gasteiger partial charge in [-0.25, -0.2) is 0 Å². The minimum atomic E-state index is -1.09. The molecule has 2 unspecified atom stereocenters. The number of carboxylic acids is 2. The zero-order valence-electron chi connectivity index (χ0n) is 16.3. The zero-order valence-corrected chi connectivity index (χ0v) is 17.9. The summed E-state index contributed by atoms with van der Waals surface area (Å²) in [5.74, 6) is -1.51. The van der Waals surface area contributed by atoms with E-state index in [1.807, 2.05) is 47.8 Å². The van der Waals surface area contributed by atoms with Gasteiger partial charge in [0.1, 0.15) is 12.6 Å². The fourth-order valence-corrected chi connectivity index (χ4v) is 5.60. The third kappa shape index (κ3) is 5.84. The molecule has 1 amide bonds. The normalized spacial score (nSPS) is 20.5. The topological polar surface area (TPSA) is 107 Å². The number of hydrogen-bond donors (Lipinski definition) is 3. The number of benzene rings is 1. The molecule has 1 fully saturated rings. The van der Waals surface area contributed by atoms with Crippen molar-refractivity contribution >= 4 is 40.9 Å². The van der Waals surface area contributed by atoms with Crippen LogP contribution < -0.4 is 5.32 Å². The lowest BCUT2D eigenvalue weighted by Gasteiger charge is -2.30. The average Bonchev–Trinajstić information content (AvgIpc) is 3.21. The Bertz CT molecular complexity index is 860. The van der Waals surface area contributed by atoms with Gasteiger partial charge in [-0.3, -0.25) is 19.7 Å². The molecule has 1 saturated heterocycles. The molecule has 0 bridgehead atoms. The highest BCUT2D eigenvalue weighted by molar-refractivity contribution is 7.99. The lowest BCUT2D eigenvalue weighted by molar-refractivity contribution is -0.147. The van der Waals surface area contributed by atoms with Crippen LogP contribution in [0, 0.1) is 0 Å². The highest BCUT2D eigenvalue weighted by Crippen LogP contribution is 2.32. The third-order valence-electron chi connectivity index (χ3n) is 4.96. The average molecular weight is 449 g/mol. The molecule has 3 N–H and O–H groups in total. The molecule has 1 aliphatic rings. The van der Waals surface area contributed by atoms with Crippen LogP contribution in [0.1, 0.15) is 22.9 Å². The number of aliphatic carboxylic acids is 2. The van der Waals surface area contributed by atoms with Crippen molar-refractivity contribution in [2.75, 3.05) is 18.1 Å². The van der Waals surface area contributed by atoms with Crippen molar-refractivity contribution in [2.24, 2.45) is 0 Å². The molecular formula is C21H24N2O5S2. The lowest BCUT2D eigenvalue weighted by atomic mass is 10.0. The Morgan fingerprint density at radius 2 is 1.90 bits per heavy atom. The minimum Gasteiger partial charge on any atom is -0.480 e. The summed E-state index contributed by atoms with van der Waals surface area (Å²) in [7, 11) is 0. The summed E-state index contributed by atoms with van der Waals surface area (Å²) in [5.41, 5.74) is 1.03. The first-order valence-corrected chi connectivity index (χ1v) is 11.7. The van der Waals surface area contributed by atoms with Crippen LogP contribution in [0.25, 0.3) is 0 Å². The second kappa shape index (κ2) is 10.6. The minimum absolute atomic E-state index is 0.334. The maximum atomic E-state index is 13.2. The van der Waals surface area contributed by atoms with Gasteiger partial charge in [0.25, 0.3) is 0 Å². The van der Waals surface area contributed by atoms with Crippen molar-refractivity contribution in [1.82, 2.24) is 10.2 Å². The second-order valence-corrected chi connectivity index (χ2v) is 9.12. The summed E-state index contributed by atoms with van der Waals surface area (Å²) in [6, 6.07) is 11.4. The smallest absolute Gasteiger partial charge is 0.323 e. The van der Waals surface area contributed by atoms with Crippen molar-refractivity contribution in [3.63, 3.8) is 0 Å². The van der Waals surface area contributed by atoms with E-state index in [4.69, 9.17) is 0 Å². The highest BCUT2D eigenvalue weighted by atomic mass is 32.2. The number of nitrogens with zero attached hydrogens (tertiary/aromatic N) is 1. The first-order chi connectivity index (χ1) is 14.5. The first kappa shape index (κ1) is 22.3. The Morgan fingerprint density at radius 3 is 2.53 bits per heavy atom. The molecule has 9 heteroatoms. The van der Waals surface area contributed by atoms with Crippen LogP contribution in [-0.2, 0) is 20.8 Å². The summed E-state index contributed by atoms with van der Waals surface area (Å²) in [4.78, 5) is 38.7. The van der Waals surface area contributed by atoms with Gasteiger partial charge in [0.05, 0.1) is 12.1 Å². The molecule has 7 nitrogen and oxygen atoms in total. The van der Waals surface area contributed by atoms with Crippen LogP contribution >= 0.6 is 23.1 Å². The molecule has 0 spiro atoms. The van der Waals surface area contributed by atoms with Crippen molar-refractivity contribution < 1.29 is 24.6 Å². The van der Waals surface area contributed by atoms with Crippen molar-refractivity contribution in [2.45, 2.75) is 31.0 Å². The van der Waals surface area contributed by atoms with Gasteiger partial charge in [-0.05, 0) is 29.9 Å². The molecule has 160 valence electrons. The molecule has 0 saturated carbocycles. The van der Waals surface area contributed by atoms with E-state index in [2.05, 4.69) is 5.32 Å². The number of carbonyl (C=O) groups is 3. The van der Waals surface area contributed by atoms with Gasteiger partial charge in [0, 0.05) is 16.4 Å². The molecule has 0 radical (unpaired) electrons. The molecular weight excluding hydrogens is 424 g/mol. The van der Waals surface area contributed by atoms with Gasteiger partial charge in [-0.15, -0.1) is 11.3 Å². The zero-order chi connectivity index (χ0) is 21.5. The molecule has 2 heterocycles. The van der Waals surface area contributed by atoms with E-state index < -0.39 is 30.6 Å². The molecule has 30 heavy (non-hydrogen) atoms. The second-order valence-electron chi connectivity index (χ2n) is 7.06. The highest BCUT2D eigenvalue weighted by Gasteiger charge is 2.37. The largest absolute Gasteiger partial charge is 0.480 e. The third-order valence-corrected chi connectivity index (χ3v) is 7.05. The summed E-state index contributed by atoms with van der Waals surface area (Å²) in [6.45, 7) is -0.415. The molecule has 0 aliphatic carbocycles. The quantitative estimate of drug-likeness (QED) is 0.541. The lowest BCUT2D eigenvalue weighted by Crippen LogP contribution is -2.53. The van der Waals surface area contributed by atoms with Crippen LogP contribution in [0.15, 0.2) is 47.8 Å². The van der Waals surface area contributed by atoms with Crippen molar-refractivity contribution in [1.29, 1.82) is 0 Å². The summed E-state index contributed by atoms with van der Waals surface area (Å²) < 4.78 is 0. The maximum absolute atomic E-state index is 13.2. The Kier molecular flexibility index (Phi) is 7.89. The van der Waals surface area contributed by atoms with Crippen molar-refractivity contribution in [3.05, 3.63) is 58.3 Å². The maximum Gasteiger partial charge on any atom is 0.323 e. The Morgan fingerprint density at radius 1 is 1.13 bits per heavy atom. The van der Waals surface area contributed by atoms with E-state index in [9.17, 15) is 24.6 Å². The standard InChI is InChI=1S/C21H24N2O5S2/c24-19(25)11-23-17(18-7-4-10-30-18)13-29-12-16(20(23)26)22-15(21(27)28)9-8-14-5-2-1-3-6-14/h1-7,10,15-17,22H,8-9,11-13H2,(H,24,25)(H,27,28)/t15-,16?,17?/m1/s1. The number of amides is 1. The fourth-order valence-electron chi connectivity index (χ4n) is 3.46. The van der Waals surface area contributed by atoms with E-state index in [-0.39, 0.29) is 11.9 Å². The molecule has 1 aromatic carbocycles. The van der Waals surface area contributed by atoms with E-state index >= 15 is 0 Å². The summed E-state index contributed by atoms with van der Waals surface area (Å²) in [5, 5.41) is 23.9. The number of carboxylic acid groups (broad SMARTS) is 2. The first-order valence-electron chi connectivity index (χ1n) is 9.62. The number of hydrogen-bond acceptors (Lipinski definition) is 6. The number of aryl methyl sites for hydroxylation is 1. The van der Waals surface area contributed by atoms with Gasteiger partial charge >= 0.3 is 11.9 Å². The molecule has 3 atom stereocenters. The van der Waals surface area contributed by atoms with Crippen LogP contribution in [0.4, 0.5) is 0 Å². The number of thiophene rings is 1. The van der Waals surface area contributed by atoms with Crippen LogP contribution in [-0.4, -0.2) is 63.1 Å².